The zero-order valence-electron chi connectivity index (χ0n) is 27.2. The van der Waals surface area contributed by atoms with E-state index in [1.54, 1.807) is 69.3 Å². The van der Waals surface area contributed by atoms with Gasteiger partial charge in [-0.2, -0.15) is 0 Å². The maximum Gasteiger partial charge on any atom is 0.118 e. The molecule has 0 amide bonds. The Hall–Kier alpha value is -1.68. The van der Waals surface area contributed by atoms with Gasteiger partial charge in [0.15, 0.2) is 0 Å². The Morgan fingerprint density at radius 2 is 1.30 bits per heavy atom. The molecule has 0 N–H and O–H groups in total. The van der Waals surface area contributed by atoms with Crippen molar-refractivity contribution < 1.29 is 4.74 Å². The van der Waals surface area contributed by atoms with Crippen LogP contribution in [0.15, 0.2) is 72.8 Å². The number of benzene rings is 3. The summed E-state index contributed by atoms with van der Waals surface area (Å²) in [4.78, 5) is 0. The first-order chi connectivity index (χ1) is 21.6. The van der Waals surface area contributed by atoms with Crippen molar-refractivity contribution in [2.45, 2.75) is 107 Å². The van der Waals surface area contributed by atoms with Crippen molar-refractivity contribution >= 4 is 31.8 Å². The van der Waals surface area contributed by atoms with Crippen LogP contribution in [0.5, 0.6) is 5.75 Å². The van der Waals surface area contributed by atoms with Gasteiger partial charge in [-0.15, -0.1) is 0 Å². The smallest absolute Gasteiger partial charge is 0.118 e. The molecule has 0 spiro atoms. The van der Waals surface area contributed by atoms with Gasteiger partial charge in [0, 0.05) is 0 Å². The van der Waals surface area contributed by atoms with Gasteiger partial charge < -0.3 is 4.74 Å². The van der Waals surface area contributed by atoms with Crippen LogP contribution < -0.4 is 20.7 Å². The second-order valence-corrected chi connectivity index (χ2v) is 20.5. The number of aryl methyl sites for hydroxylation is 1. The summed E-state index contributed by atoms with van der Waals surface area (Å²) >= 11 is 0. The number of rotatable bonds is 9. The van der Waals surface area contributed by atoms with Crippen LogP contribution in [0.2, 0.25) is 0 Å². The molecule has 0 saturated heterocycles. The standard InChI is InChI=1S/C41H52OP2/c1-27-11-19-34(20-12-27)44(35-21-17-33(42-3)18-22-35)39-10-5-4-7-38(39)37-9-6-8-36(37)28(2)43(40-25-29-13-15-31(40)23-29)41-26-30-14-16-32(41)24-30/h4-5,7,10-12,17-22,28-32,36-37,40-41H,6,8-9,13-16,23-26H2,1-3H3/t28-,29?,30?,31?,32?,36?,37?,40?,41?,43?,44?/m1/s1. The Balaban J connectivity index is 1.16. The second kappa shape index (κ2) is 12.5. The lowest BCUT2D eigenvalue weighted by Gasteiger charge is -2.45. The van der Waals surface area contributed by atoms with E-state index in [2.05, 4.69) is 86.6 Å². The topological polar surface area (TPSA) is 9.23 Å². The van der Waals surface area contributed by atoms with Gasteiger partial charge in [0.2, 0.25) is 0 Å². The lowest BCUT2D eigenvalue weighted by Crippen LogP contribution is -2.34. The first-order valence-corrected chi connectivity index (χ1v) is 20.8. The van der Waals surface area contributed by atoms with Gasteiger partial charge in [0.1, 0.15) is 5.75 Å². The zero-order chi connectivity index (χ0) is 29.8. The Kier molecular flexibility index (Phi) is 8.44. The summed E-state index contributed by atoms with van der Waals surface area (Å²) in [6.07, 6.45) is 16.8. The van der Waals surface area contributed by atoms with Gasteiger partial charge in [-0.1, -0.05) is 100 Å². The lowest BCUT2D eigenvalue weighted by molar-refractivity contribution is 0.415. The summed E-state index contributed by atoms with van der Waals surface area (Å²) in [5.41, 5.74) is 6.10. The van der Waals surface area contributed by atoms with E-state index < -0.39 is 7.92 Å². The van der Waals surface area contributed by atoms with Crippen LogP contribution in [0, 0.1) is 36.5 Å². The largest absolute Gasteiger partial charge is 0.497 e. The number of hydrogen-bond donors (Lipinski definition) is 0. The highest BCUT2D eigenvalue weighted by Crippen LogP contribution is 2.71. The fourth-order valence-electron chi connectivity index (χ4n) is 11.0. The molecule has 0 radical (unpaired) electrons. The van der Waals surface area contributed by atoms with Crippen molar-refractivity contribution in [3.63, 3.8) is 0 Å². The van der Waals surface area contributed by atoms with E-state index in [0.29, 0.717) is 5.92 Å². The van der Waals surface area contributed by atoms with E-state index in [0.717, 1.165) is 52.3 Å². The molecular weight excluding hydrogens is 570 g/mol. The third-order valence-corrected chi connectivity index (χ3v) is 19.7. The molecule has 10 atom stereocenters. The van der Waals surface area contributed by atoms with Gasteiger partial charge in [-0.3, -0.25) is 0 Å². The fourth-order valence-corrected chi connectivity index (χ4v) is 18.6. The predicted molar refractivity (Wildman–Crippen MR) is 191 cm³/mol. The van der Waals surface area contributed by atoms with Crippen LogP contribution in [0.1, 0.15) is 94.6 Å². The maximum absolute atomic E-state index is 5.57. The number of methoxy groups -OCH3 is 1. The van der Waals surface area contributed by atoms with Gasteiger partial charge >= 0.3 is 0 Å². The minimum atomic E-state index is -0.642. The second-order valence-electron chi connectivity index (χ2n) is 15.3. The molecule has 5 aliphatic carbocycles. The maximum atomic E-state index is 5.57. The summed E-state index contributed by atoms with van der Waals surface area (Å²) in [6, 6.07) is 28.2. The quantitative estimate of drug-likeness (QED) is 0.216. The minimum absolute atomic E-state index is 0.0878. The van der Waals surface area contributed by atoms with Crippen molar-refractivity contribution in [2.75, 3.05) is 7.11 Å². The molecular formula is C41H52OP2. The molecule has 1 nitrogen and oxygen atoms in total. The average Bonchev–Trinajstić information content (AvgIpc) is 3.91. The van der Waals surface area contributed by atoms with Gasteiger partial charge in [0.05, 0.1) is 7.11 Å². The Morgan fingerprint density at radius 1 is 0.682 bits per heavy atom. The van der Waals surface area contributed by atoms with Gasteiger partial charge in [-0.25, -0.2) is 0 Å². The van der Waals surface area contributed by atoms with Crippen molar-refractivity contribution in [3.8, 4) is 5.75 Å². The first kappa shape index (κ1) is 29.7. The third-order valence-electron chi connectivity index (χ3n) is 13.0. The Morgan fingerprint density at radius 3 is 1.86 bits per heavy atom. The highest BCUT2D eigenvalue weighted by molar-refractivity contribution is 7.79. The molecule has 3 heteroatoms. The number of hydrogen-bond acceptors (Lipinski definition) is 1. The highest BCUT2D eigenvalue weighted by atomic mass is 31.1. The van der Waals surface area contributed by atoms with Crippen molar-refractivity contribution in [3.05, 3.63) is 83.9 Å². The molecule has 0 aliphatic heterocycles. The predicted octanol–water partition coefficient (Wildman–Crippen LogP) is 9.89. The van der Waals surface area contributed by atoms with E-state index in [9.17, 15) is 0 Å². The van der Waals surface area contributed by atoms with E-state index in [1.165, 1.54) is 35.4 Å². The van der Waals surface area contributed by atoms with Crippen molar-refractivity contribution in [1.82, 2.24) is 0 Å². The molecule has 5 saturated carbocycles. The molecule has 5 aliphatic rings. The summed E-state index contributed by atoms with van der Waals surface area (Å²) in [5, 5.41) is 4.51. The van der Waals surface area contributed by atoms with Crippen LogP contribution in [-0.2, 0) is 0 Å². The molecule has 9 unspecified atom stereocenters. The van der Waals surface area contributed by atoms with Crippen molar-refractivity contribution in [2.24, 2.45) is 29.6 Å². The van der Waals surface area contributed by atoms with Crippen LogP contribution in [0.25, 0.3) is 0 Å². The van der Waals surface area contributed by atoms with Gasteiger partial charge in [-0.05, 0) is 152 Å². The van der Waals surface area contributed by atoms with E-state index in [1.807, 2.05) is 0 Å². The van der Waals surface area contributed by atoms with Crippen molar-refractivity contribution in [1.29, 1.82) is 0 Å². The minimum Gasteiger partial charge on any atom is -0.497 e. The average molecular weight is 623 g/mol. The summed E-state index contributed by atoms with van der Waals surface area (Å²) in [6.45, 7) is 5.00. The van der Waals surface area contributed by atoms with Gasteiger partial charge in [0.25, 0.3) is 0 Å². The molecule has 4 bridgehead atoms. The van der Waals surface area contributed by atoms with Crippen LogP contribution in [0.3, 0.4) is 0 Å². The number of fused-ring (bicyclic) bond motifs is 4. The van der Waals surface area contributed by atoms with Crippen LogP contribution in [-0.4, -0.2) is 24.1 Å². The van der Waals surface area contributed by atoms with E-state index in [4.69, 9.17) is 4.74 Å². The lowest BCUT2D eigenvalue weighted by atomic mass is 9.87. The molecule has 44 heavy (non-hydrogen) atoms. The highest BCUT2D eigenvalue weighted by Gasteiger charge is 2.53. The molecule has 3 aromatic carbocycles. The third kappa shape index (κ3) is 5.41. The molecule has 5 fully saturated rings. The first-order valence-electron chi connectivity index (χ1n) is 17.9. The number of ether oxygens (including phenoxy) is 1. The molecule has 8 rings (SSSR count). The fraction of sp³-hybridized carbons (Fsp3) is 0.561. The molecule has 0 heterocycles. The Bertz CT molecular complexity index is 1400. The van der Waals surface area contributed by atoms with E-state index in [-0.39, 0.29) is 7.92 Å². The SMILES string of the molecule is COc1ccc(P(c2ccc(C)cc2)c2ccccc2C2CCCC2[C@@H](C)P(C2CC3CCC2C3)C2CC3CCC2C3)cc1. The van der Waals surface area contributed by atoms with Crippen LogP contribution >= 0.6 is 15.8 Å². The van der Waals surface area contributed by atoms with E-state index >= 15 is 0 Å². The summed E-state index contributed by atoms with van der Waals surface area (Å²) in [7, 11) is 1.22. The molecule has 232 valence electrons. The Labute approximate surface area is 269 Å². The van der Waals surface area contributed by atoms with Crippen LogP contribution in [0.4, 0.5) is 0 Å². The molecule has 3 aromatic rings. The molecule has 0 aromatic heterocycles. The monoisotopic (exact) mass is 622 g/mol. The normalized spacial score (nSPS) is 34.3. The summed E-state index contributed by atoms with van der Waals surface area (Å²) in [5.74, 6) is 6.80. The summed E-state index contributed by atoms with van der Waals surface area (Å²) < 4.78 is 5.57. The zero-order valence-corrected chi connectivity index (χ0v) is 29.0.